The molecule has 0 unspecified atom stereocenters. The molecule has 0 radical (unpaired) electrons. The maximum absolute atomic E-state index is 13.9. The Kier molecular flexibility index (Phi) is 5.66. The fourth-order valence-corrected chi connectivity index (χ4v) is 3.74. The number of benzene rings is 3. The van der Waals surface area contributed by atoms with E-state index in [0.717, 1.165) is 29.8 Å². The van der Waals surface area contributed by atoms with Crippen molar-refractivity contribution in [2.24, 2.45) is 0 Å². The number of carbonyl (C=O) groups is 1. The van der Waals surface area contributed by atoms with E-state index in [0.29, 0.717) is 5.70 Å². The van der Waals surface area contributed by atoms with Crippen LogP contribution in [0.4, 0.5) is 15.8 Å². The molecule has 3 aromatic rings. The van der Waals surface area contributed by atoms with Crippen molar-refractivity contribution < 1.29 is 9.18 Å². The molecule has 1 aliphatic heterocycles. The maximum Gasteiger partial charge on any atom is 0.275 e. The van der Waals surface area contributed by atoms with Crippen LogP contribution < -0.4 is 10.2 Å². The molecule has 1 amide bonds. The number of hydrogen-bond acceptors (Lipinski definition) is 2. The Hall–Kier alpha value is -3.40. The van der Waals surface area contributed by atoms with Crippen molar-refractivity contribution in [1.29, 1.82) is 0 Å². The molecule has 0 aliphatic carbocycles. The second-order valence-electron chi connectivity index (χ2n) is 7.45. The zero-order valence-electron chi connectivity index (χ0n) is 17.2. The highest BCUT2D eigenvalue weighted by Gasteiger charge is 2.34. The van der Waals surface area contributed by atoms with Gasteiger partial charge >= 0.3 is 0 Å². The molecular formula is C26H25FN2O. The van der Waals surface area contributed by atoms with Gasteiger partial charge in [-0.05, 0) is 72.0 Å². The van der Waals surface area contributed by atoms with Crippen molar-refractivity contribution in [2.45, 2.75) is 32.7 Å². The van der Waals surface area contributed by atoms with Gasteiger partial charge < -0.3 is 5.32 Å². The molecule has 152 valence electrons. The SMILES string of the molecule is CCc1ccc(NC2=C[C@@H](c3cccc(F)c3)N(c3ccc(CC)cc3)C2=O)cc1. The van der Waals surface area contributed by atoms with Crippen molar-refractivity contribution in [3.63, 3.8) is 0 Å². The molecule has 1 atom stereocenters. The smallest absolute Gasteiger partial charge is 0.275 e. The predicted molar refractivity (Wildman–Crippen MR) is 120 cm³/mol. The minimum atomic E-state index is -0.377. The molecule has 0 saturated carbocycles. The molecule has 0 fully saturated rings. The number of aryl methyl sites for hydroxylation is 2. The Balaban J connectivity index is 1.69. The topological polar surface area (TPSA) is 32.3 Å². The van der Waals surface area contributed by atoms with Crippen LogP contribution in [0, 0.1) is 5.82 Å². The lowest BCUT2D eigenvalue weighted by Gasteiger charge is -2.25. The molecule has 0 bridgehead atoms. The Morgan fingerprint density at radius 3 is 2.13 bits per heavy atom. The summed E-state index contributed by atoms with van der Waals surface area (Å²) in [4.78, 5) is 15.1. The summed E-state index contributed by atoms with van der Waals surface area (Å²) in [5.41, 5.74) is 5.32. The highest BCUT2D eigenvalue weighted by molar-refractivity contribution is 6.11. The number of nitrogens with zero attached hydrogens (tertiary/aromatic N) is 1. The zero-order chi connectivity index (χ0) is 21.1. The minimum Gasteiger partial charge on any atom is -0.351 e. The number of nitrogens with one attached hydrogen (secondary N) is 1. The minimum absolute atomic E-state index is 0.131. The third kappa shape index (κ3) is 3.99. The number of hydrogen-bond donors (Lipinski definition) is 1. The first-order valence-electron chi connectivity index (χ1n) is 10.3. The fraction of sp³-hybridized carbons (Fsp3) is 0.192. The first kappa shape index (κ1) is 19.9. The molecule has 0 saturated heterocycles. The average Bonchev–Trinajstić information content (AvgIpc) is 3.10. The van der Waals surface area contributed by atoms with E-state index in [1.165, 1.54) is 23.3 Å². The van der Waals surface area contributed by atoms with E-state index in [-0.39, 0.29) is 17.8 Å². The molecule has 4 rings (SSSR count). The molecule has 4 heteroatoms. The van der Waals surface area contributed by atoms with Crippen LogP contribution in [-0.4, -0.2) is 5.91 Å². The Labute approximate surface area is 176 Å². The van der Waals surface area contributed by atoms with E-state index in [1.807, 2.05) is 60.7 Å². The molecule has 0 aromatic heterocycles. The molecule has 1 heterocycles. The van der Waals surface area contributed by atoms with Crippen LogP contribution in [0.15, 0.2) is 84.6 Å². The summed E-state index contributed by atoms with van der Waals surface area (Å²) in [7, 11) is 0. The van der Waals surface area contributed by atoms with Crippen LogP contribution in [-0.2, 0) is 17.6 Å². The van der Waals surface area contributed by atoms with Crippen molar-refractivity contribution in [3.05, 3.63) is 107 Å². The zero-order valence-corrected chi connectivity index (χ0v) is 17.2. The van der Waals surface area contributed by atoms with Crippen LogP contribution in [0.25, 0.3) is 0 Å². The first-order valence-corrected chi connectivity index (χ1v) is 10.3. The van der Waals surface area contributed by atoms with Gasteiger partial charge in [0.25, 0.3) is 5.91 Å². The maximum atomic E-state index is 13.9. The van der Waals surface area contributed by atoms with Crippen LogP contribution in [0.2, 0.25) is 0 Å². The van der Waals surface area contributed by atoms with Crippen LogP contribution >= 0.6 is 0 Å². The summed E-state index contributed by atoms with van der Waals surface area (Å²) in [6, 6.07) is 22.1. The molecule has 30 heavy (non-hydrogen) atoms. The quantitative estimate of drug-likeness (QED) is 0.547. The van der Waals surface area contributed by atoms with Crippen LogP contribution in [0.5, 0.6) is 0 Å². The van der Waals surface area contributed by atoms with Crippen LogP contribution in [0.1, 0.15) is 36.6 Å². The normalized spacial score (nSPS) is 16.0. The fourth-order valence-electron chi connectivity index (χ4n) is 3.74. The predicted octanol–water partition coefficient (Wildman–Crippen LogP) is 6.03. The standard InChI is InChI=1S/C26H25FN2O/c1-3-18-8-12-22(13-9-18)28-24-17-25(20-6-5-7-21(27)16-20)29(26(24)30)23-14-10-19(4-2)11-15-23/h5-17,25,28H,3-4H2,1-2H3/t25-/m0/s1. The highest BCUT2D eigenvalue weighted by Crippen LogP contribution is 2.36. The van der Waals surface area contributed by atoms with Gasteiger partial charge in [0.05, 0.1) is 6.04 Å². The third-order valence-corrected chi connectivity index (χ3v) is 5.51. The number of amides is 1. The summed E-state index contributed by atoms with van der Waals surface area (Å²) < 4.78 is 13.9. The van der Waals surface area contributed by atoms with Gasteiger partial charge in [0, 0.05) is 11.4 Å². The molecule has 1 N–H and O–H groups in total. The number of halogens is 1. The van der Waals surface area contributed by atoms with Gasteiger partial charge in [-0.1, -0.05) is 50.2 Å². The van der Waals surface area contributed by atoms with Gasteiger partial charge in [0.15, 0.2) is 0 Å². The van der Waals surface area contributed by atoms with E-state index in [9.17, 15) is 9.18 Å². The summed E-state index contributed by atoms with van der Waals surface area (Å²) in [5.74, 6) is -0.445. The lowest BCUT2D eigenvalue weighted by atomic mass is 10.1. The van der Waals surface area contributed by atoms with Crippen LogP contribution in [0.3, 0.4) is 0 Å². The average molecular weight is 400 g/mol. The van der Waals surface area contributed by atoms with E-state index in [2.05, 4.69) is 19.2 Å². The lowest BCUT2D eigenvalue weighted by molar-refractivity contribution is -0.114. The van der Waals surface area contributed by atoms with Gasteiger partial charge in [-0.15, -0.1) is 0 Å². The largest absolute Gasteiger partial charge is 0.351 e. The number of carbonyl (C=O) groups excluding carboxylic acids is 1. The Morgan fingerprint density at radius 2 is 1.53 bits per heavy atom. The summed E-state index contributed by atoms with van der Waals surface area (Å²) in [6.45, 7) is 4.20. The second-order valence-corrected chi connectivity index (χ2v) is 7.45. The summed E-state index contributed by atoms with van der Waals surface area (Å²) >= 11 is 0. The second kappa shape index (κ2) is 8.54. The van der Waals surface area contributed by atoms with Crippen molar-refractivity contribution >= 4 is 17.3 Å². The van der Waals surface area contributed by atoms with E-state index >= 15 is 0 Å². The van der Waals surface area contributed by atoms with E-state index < -0.39 is 0 Å². The highest BCUT2D eigenvalue weighted by atomic mass is 19.1. The molecule has 0 spiro atoms. The third-order valence-electron chi connectivity index (χ3n) is 5.51. The van der Waals surface area contributed by atoms with Gasteiger partial charge in [0.1, 0.15) is 11.5 Å². The summed E-state index contributed by atoms with van der Waals surface area (Å²) in [5, 5.41) is 3.25. The van der Waals surface area contributed by atoms with Gasteiger partial charge in [-0.3, -0.25) is 9.69 Å². The van der Waals surface area contributed by atoms with Crippen molar-refractivity contribution in [3.8, 4) is 0 Å². The molecule has 3 nitrogen and oxygen atoms in total. The van der Waals surface area contributed by atoms with Crippen molar-refractivity contribution in [2.75, 3.05) is 10.2 Å². The number of anilines is 2. The van der Waals surface area contributed by atoms with Gasteiger partial charge in [0.2, 0.25) is 0 Å². The van der Waals surface area contributed by atoms with E-state index in [4.69, 9.17) is 0 Å². The van der Waals surface area contributed by atoms with E-state index in [1.54, 1.807) is 11.0 Å². The monoisotopic (exact) mass is 400 g/mol. The number of rotatable bonds is 6. The molecular weight excluding hydrogens is 375 g/mol. The Morgan fingerprint density at radius 1 is 0.900 bits per heavy atom. The van der Waals surface area contributed by atoms with Gasteiger partial charge in [-0.2, -0.15) is 0 Å². The lowest BCUT2D eigenvalue weighted by Crippen LogP contribution is -2.30. The molecule has 3 aromatic carbocycles. The Bertz CT molecular complexity index is 1070. The first-order chi connectivity index (χ1) is 14.6. The molecule has 1 aliphatic rings. The van der Waals surface area contributed by atoms with Crippen molar-refractivity contribution in [1.82, 2.24) is 0 Å². The van der Waals surface area contributed by atoms with Gasteiger partial charge in [-0.25, -0.2) is 4.39 Å². The summed E-state index contributed by atoms with van der Waals surface area (Å²) in [6.07, 6.45) is 3.77.